The largest absolute Gasteiger partial charge is 0.366 e. The van der Waals surface area contributed by atoms with Gasteiger partial charge in [-0.1, -0.05) is 25.1 Å². The first kappa shape index (κ1) is 21.4. The van der Waals surface area contributed by atoms with Gasteiger partial charge in [0.15, 0.2) is 0 Å². The molecule has 3 N–H and O–H groups in total. The van der Waals surface area contributed by atoms with Crippen molar-refractivity contribution in [1.29, 1.82) is 0 Å². The summed E-state index contributed by atoms with van der Waals surface area (Å²) in [7, 11) is -3.74. The molecule has 0 saturated heterocycles. The van der Waals surface area contributed by atoms with Crippen LogP contribution in [0.5, 0.6) is 0 Å². The number of amides is 2. The van der Waals surface area contributed by atoms with Crippen molar-refractivity contribution in [2.45, 2.75) is 33.2 Å². The monoisotopic (exact) mass is 403 g/mol. The van der Waals surface area contributed by atoms with Gasteiger partial charge >= 0.3 is 0 Å². The Hall–Kier alpha value is -2.87. The highest BCUT2D eigenvalue weighted by atomic mass is 32.2. The van der Waals surface area contributed by atoms with Gasteiger partial charge < -0.3 is 11.1 Å². The minimum atomic E-state index is -3.74. The third-order valence-corrected chi connectivity index (χ3v) is 5.70. The van der Waals surface area contributed by atoms with Crippen molar-refractivity contribution in [2.24, 2.45) is 5.73 Å². The molecule has 0 bridgehead atoms. The van der Waals surface area contributed by atoms with Crippen molar-refractivity contribution in [3.05, 3.63) is 59.2 Å². The maximum absolute atomic E-state index is 13.0. The van der Waals surface area contributed by atoms with E-state index < -0.39 is 27.9 Å². The van der Waals surface area contributed by atoms with Crippen LogP contribution in [0.3, 0.4) is 0 Å². The molecule has 150 valence electrons. The Morgan fingerprint density at radius 1 is 1.11 bits per heavy atom. The molecule has 7 nitrogen and oxygen atoms in total. The maximum atomic E-state index is 13.0. The summed E-state index contributed by atoms with van der Waals surface area (Å²) in [5.74, 6) is -1.22. The second-order valence-corrected chi connectivity index (χ2v) is 8.51. The summed E-state index contributed by atoms with van der Waals surface area (Å²) in [4.78, 5) is 24.6. The number of benzene rings is 2. The molecular formula is C20H25N3O4S. The fourth-order valence-corrected chi connectivity index (χ4v) is 4.15. The van der Waals surface area contributed by atoms with Crippen molar-refractivity contribution >= 4 is 33.2 Å². The highest BCUT2D eigenvalue weighted by Crippen LogP contribution is 2.26. The first-order chi connectivity index (χ1) is 13.1. The van der Waals surface area contributed by atoms with E-state index in [4.69, 9.17) is 5.73 Å². The fourth-order valence-electron chi connectivity index (χ4n) is 2.95. The lowest BCUT2D eigenvalue weighted by molar-refractivity contribution is -0.117. The molecule has 8 heteroatoms. The van der Waals surface area contributed by atoms with Gasteiger partial charge in [-0.05, 0) is 55.7 Å². The van der Waals surface area contributed by atoms with Crippen molar-refractivity contribution < 1.29 is 18.0 Å². The Labute approximate surface area is 165 Å². The number of aryl methyl sites for hydroxylation is 2. The maximum Gasteiger partial charge on any atom is 0.250 e. The van der Waals surface area contributed by atoms with Gasteiger partial charge in [-0.2, -0.15) is 0 Å². The van der Waals surface area contributed by atoms with Gasteiger partial charge in [0.2, 0.25) is 15.9 Å². The third kappa shape index (κ3) is 4.69. The second-order valence-electron chi connectivity index (χ2n) is 6.65. The van der Waals surface area contributed by atoms with Gasteiger partial charge in [0, 0.05) is 0 Å². The van der Waals surface area contributed by atoms with Crippen LogP contribution >= 0.6 is 0 Å². The summed E-state index contributed by atoms with van der Waals surface area (Å²) in [6, 6.07) is 10.6. The molecule has 28 heavy (non-hydrogen) atoms. The number of carbonyl (C=O) groups is 2. The van der Waals surface area contributed by atoms with Crippen LogP contribution in [-0.2, 0) is 14.8 Å². The van der Waals surface area contributed by atoms with E-state index in [9.17, 15) is 18.0 Å². The lowest BCUT2D eigenvalue weighted by Gasteiger charge is -2.30. The number of anilines is 2. The minimum Gasteiger partial charge on any atom is -0.366 e. The van der Waals surface area contributed by atoms with E-state index in [-0.39, 0.29) is 17.7 Å². The zero-order chi connectivity index (χ0) is 21.1. The van der Waals surface area contributed by atoms with E-state index in [0.29, 0.717) is 5.69 Å². The van der Waals surface area contributed by atoms with Crippen LogP contribution in [0, 0.1) is 13.8 Å². The summed E-state index contributed by atoms with van der Waals surface area (Å²) in [6.07, 6.45) is 1.31. The topological polar surface area (TPSA) is 110 Å². The van der Waals surface area contributed by atoms with Crippen LogP contribution in [0.4, 0.5) is 11.4 Å². The first-order valence-corrected chi connectivity index (χ1v) is 10.7. The molecule has 0 fully saturated rings. The molecule has 0 aliphatic rings. The summed E-state index contributed by atoms with van der Waals surface area (Å²) in [6.45, 7) is 5.53. The van der Waals surface area contributed by atoms with Gasteiger partial charge in [0.05, 0.1) is 23.2 Å². The molecule has 0 aromatic heterocycles. The van der Waals surface area contributed by atoms with E-state index in [0.717, 1.165) is 21.7 Å². The molecule has 1 unspecified atom stereocenters. The molecular weight excluding hydrogens is 378 g/mol. The van der Waals surface area contributed by atoms with Gasteiger partial charge in [-0.3, -0.25) is 13.9 Å². The van der Waals surface area contributed by atoms with Crippen LogP contribution < -0.4 is 15.4 Å². The van der Waals surface area contributed by atoms with Gasteiger partial charge in [-0.25, -0.2) is 8.42 Å². The van der Waals surface area contributed by atoms with Crippen molar-refractivity contribution in [3.63, 3.8) is 0 Å². The van der Waals surface area contributed by atoms with E-state index >= 15 is 0 Å². The number of nitrogens with one attached hydrogen (secondary N) is 1. The molecule has 0 aliphatic heterocycles. The quantitative estimate of drug-likeness (QED) is 0.740. The van der Waals surface area contributed by atoms with E-state index in [1.807, 2.05) is 19.9 Å². The summed E-state index contributed by atoms with van der Waals surface area (Å²) in [5.41, 5.74) is 8.10. The zero-order valence-corrected chi connectivity index (χ0v) is 17.2. The van der Waals surface area contributed by atoms with Gasteiger partial charge in [0.1, 0.15) is 6.04 Å². The SMILES string of the molecule is CCC(C(=O)Nc1ccccc1C(N)=O)N(c1ccc(C)c(C)c1)S(C)(=O)=O. The minimum absolute atomic E-state index is 0.155. The molecule has 2 rings (SSSR count). The molecule has 2 amide bonds. The number of para-hydroxylation sites is 1. The predicted octanol–water partition coefficient (Wildman–Crippen LogP) is 2.59. The van der Waals surface area contributed by atoms with Crippen molar-refractivity contribution in [3.8, 4) is 0 Å². The van der Waals surface area contributed by atoms with E-state index in [2.05, 4.69) is 5.32 Å². The Morgan fingerprint density at radius 2 is 1.75 bits per heavy atom. The molecule has 0 saturated carbocycles. The normalized spacial score (nSPS) is 12.3. The van der Waals surface area contributed by atoms with E-state index in [1.54, 1.807) is 37.3 Å². The first-order valence-electron chi connectivity index (χ1n) is 8.82. The number of nitrogens with two attached hydrogens (primary N) is 1. The summed E-state index contributed by atoms with van der Waals surface area (Å²) < 4.78 is 26.2. The Bertz CT molecular complexity index is 1000. The molecule has 0 heterocycles. The number of nitrogens with zero attached hydrogens (tertiary/aromatic N) is 1. The number of sulfonamides is 1. The Kier molecular flexibility index (Phi) is 6.45. The van der Waals surface area contributed by atoms with Crippen LogP contribution in [-0.4, -0.2) is 32.5 Å². The van der Waals surface area contributed by atoms with Crippen molar-refractivity contribution in [2.75, 3.05) is 15.9 Å². The van der Waals surface area contributed by atoms with Gasteiger partial charge in [-0.15, -0.1) is 0 Å². The molecule has 2 aromatic rings. The molecule has 0 aliphatic carbocycles. The molecule has 2 aromatic carbocycles. The average molecular weight is 404 g/mol. The molecule has 0 radical (unpaired) electrons. The summed E-state index contributed by atoms with van der Waals surface area (Å²) >= 11 is 0. The number of hydrogen-bond donors (Lipinski definition) is 2. The van der Waals surface area contributed by atoms with Crippen molar-refractivity contribution in [1.82, 2.24) is 0 Å². The fraction of sp³-hybridized carbons (Fsp3) is 0.300. The Balaban J connectivity index is 2.45. The number of carbonyl (C=O) groups excluding carboxylic acids is 2. The van der Waals surface area contributed by atoms with Gasteiger partial charge in [0.25, 0.3) is 5.91 Å². The zero-order valence-electron chi connectivity index (χ0n) is 16.4. The van der Waals surface area contributed by atoms with Crippen LogP contribution in [0.2, 0.25) is 0 Å². The lowest BCUT2D eigenvalue weighted by Crippen LogP contribution is -2.47. The third-order valence-electron chi connectivity index (χ3n) is 4.53. The second kappa shape index (κ2) is 8.43. The number of hydrogen-bond acceptors (Lipinski definition) is 4. The van der Waals surface area contributed by atoms with Crippen LogP contribution in [0.25, 0.3) is 0 Å². The average Bonchev–Trinajstić information content (AvgIpc) is 2.61. The highest BCUT2D eigenvalue weighted by Gasteiger charge is 2.32. The van der Waals surface area contributed by atoms with Crippen LogP contribution in [0.1, 0.15) is 34.8 Å². The Morgan fingerprint density at radius 3 is 2.29 bits per heavy atom. The molecule has 0 spiro atoms. The number of rotatable bonds is 7. The molecule has 1 atom stereocenters. The highest BCUT2D eigenvalue weighted by molar-refractivity contribution is 7.92. The summed E-state index contributed by atoms with van der Waals surface area (Å²) in [5, 5.41) is 2.65. The van der Waals surface area contributed by atoms with E-state index in [1.165, 1.54) is 6.07 Å². The van der Waals surface area contributed by atoms with Crippen LogP contribution in [0.15, 0.2) is 42.5 Å². The smallest absolute Gasteiger partial charge is 0.250 e. The lowest BCUT2D eigenvalue weighted by atomic mass is 10.1. The predicted molar refractivity (Wildman–Crippen MR) is 111 cm³/mol. The standard InChI is InChI=1S/C20H25N3O4S/c1-5-18(20(25)22-17-9-7-6-8-16(17)19(21)24)23(28(4,26)27)15-11-10-13(2)14(3)12-15/h6-12,18H,5H2,1-4H3,(H2,21,24)(H,22,25). The number of primary amides is 1.